The third-order valence-corrected chi connectivity index (χ3v) is 4.25. The van der Waals surface area contributed by atoms with E-state index in [9.17, 15) is 5.11 Å². The molecule has 0 atom stereocenters. The molecule has 110 valence electrons. The van der Waals surface area contributed by atoms with E-state index in [1.54, 1.807) is 0 Å². The Balaban J connectivity index is 1.48. The highest BCUT2D eigenvalue weighted by Gasteiger charge is 2.19. The summed E-state index contributed by atoms with van der Waals surface area (Å²) in [7, 11) is 0. The molecule has 0 spiro atoms. The van der Waals surface area contributed by atoms with Gasteiger partial charge >= 0.3 is 0 Å². The number of hydrogen-bond donors (Lipinski definition) is 1. The first-order chi connectivity index (χ1) is 10.3. The lowest BCUT2D eigenvalue weighted by molar-refractivity contribution is 0.204. The van der Waals surface area contributed by atoms with E-state index in [-0.39, 0.29) is 6.61 Å². The summed E-state index contributed by atoms with van der Waals surface area (Å²) >= 11 is 0. The molecule has 2 aliphatic heterocycles. The van der Waals surface area contributed by atoms with Gasteiger partial charge < -0.3 is 9.84 Å². The average molecular weight is 285 g/mol. The van der Waals surface area contributed by atoms with E-state index in [1.165, 1.54) is 16.8 Å². The summed E-state index contributed by atoms with van der Waals surface area (Å²) in [6.45, 7) is 4.56. The van der Waals surface area contributed by atoms with Gasteiger partial charge in [0.15, 0.2) is 0 Å². The Morgan fingerprint density at radius 2 is 2.19 bits per heavy atom. The van der Waals surface area contributed by atoms with Gasteiger partial charge in [0.1, 0.15) is 5.75 Å². The summed E-state index contributed by atoms with van der Waals surface area (Å²) in [6.07, 6.45) is 1.02. The van der Waals surface area contributed by atoms with Crippen LogP contribution in [0.3, 0.4) is 0 Å². The zero-order valence-corrected chi connectivity index (χ0v) is 12.0. The molecular weight excluding hydrogens is 266 g/mol. The number of ether oxygens (including phenoxy) is 1. The monoisotopic (exact) mass is 285 g/mol. The zero-order valence-electron chi connectivity index (χ0n) is 12.0. The lowest BCUT2D eigenvalue weighted by atomic mass is 10.1. The van der Waals surface area contributed by atoms with Crippen molar-refractivity contribution in [2.45, 2.75) is 32.7 Å². The fraction of sp³-hybridized carbons (Fsp3) is 0.438. The van der Waals surface area contributed by atoms with Crippen molar-refractivity contribution in [2.24, 2.45) is 0 Å². The van der Waals surface area contributed by atoms with Gasteiger partial charge in [-0.25, -0.2) is 0 Å². The number of aliphatic hydroxyl groups excluding tert-OH is 1. The Morgan fingerprint density at radius 1 is 1.24 bits per heavy atom. The van der Waals surface area contributed by atoms with Gasteiger partial charge in [-0.2, -0.15) is 5.10 Å². The molecule has 21 heavy (non-hydrogen) atoms. The third-order valence-electron chi connectivity index (χ3n) is 4.25. The van der Waals surface area contributed by atoms with Gasteiger partial charge in [0.25, 0.3) is 0 Å². The molecule has 5 heteroatoms. The van der Waals surface area contributed by atoms with Crippen LogP contribution in [0.2, 0.25) is 0 Å². The normalized spacial score (nSPS) is 17.4. The maximum absolute atomic E-state index is 9.18. The summed E-state index contributed by atoms with van der Waals surface area (Å²) in [6, 6.07) is 8.53. The van der Waals surface area contributed by atoms with Crippen molar-refractivity contribution in [3.8, 4) is 5.75 Å². The molecule has 0 saturated carbocycles. The van der Waals surface area contributed by atoms with Crippen LogP contribution in [0.15, 0.2) is 24.3 Å². The van der Waals surface area contributed by atoms with E-state index in [4.69, 9.17) is 4.74 Å². The van der Waals surface area contributed by atoms with E-state index < -0.39 is 0 Å². The highest BCUT2D eigenvalue weighted by molar-refractivity contribution is 5.39. The molecule has 1 N–H and O–H groups in total. The van der Waals surface area contributed by atoms with E-state index in [2.05, 4.69) is 28.2 Å². The zero-order chi connectivity index (χ0) is 14.2. The lowest BCUT2D eigenvalue weighted by Gasteiger charge is -2.27. The van der Waals surface area contributed by atoms with Crippen molar-refractivity contribution in [3.05, 3.63) is 46.8 Å². The third kappa shape index (κ3) is 2.43. The van der Waals surface area contributed by atoms with Gasteiger partial charge in [0.05, 0.1) is 31.1 Å². The topological polar surface area (TPSA) is 50.5 Å². The molecule has 3 heterocycles. The fourth-order valence-corrected chi connectivity index (χ4v) is 3.19. The van der Waals surface area contributed by atoms with Gasteiger partial charge in [0, 0.05) is 26.1 Å². The lowest BCUT2D eigenvalue weighted by Crippen LogP contribution is -2.33. The maximum Gasteiger partial charge on any atom is 0.122 e. The average Bonchev–Trinajstić information content (AvgIpc) is 3.11. The molecule has 0 amide bonds. The Bertz CT molecular complexity index is 666. The minimum absolute atomic E-state index is 0.0187. The molecule has 0 radical (unpaired) electrons. The van der Waals surface area contributed by atoms with Crippen LogP contribution in [-0.4, -0.2) is 32.9 Å². The van der Waals surface area contributed by atoms with E-state index in [1.807, 2.05) is 10.7 Å². The van der Waals surface area contributed by atoms with Crippen molar-refractivity contribution < 1.29 is 9.84 Å². The van der Waals surface area contributed by atoms with Crippen LogP contribution in [0.5, 0.6) is 5.75 Å². The standard InChI is InChI=1S/C16H19N3O2/c20-11-14-8-15-10-18(4-5-19(15)17-14)9-12-1-2-16-13(7-12)3-6-21-16/h1-2,7-8,20H,3-6,9-11H2. The SMILES string of the molecule is OCc1cc2n(n1)CCN(Cc1ccc3c(c1)CCO3)C2. The predicted molar refractivity (Wildman–Crippen MR) is 77.9 cm³/mol. The maximum atomic E-state index is 9.18. The van der Waals surface area contributed by atoms with E-state index in [0.717, 1.165) is 50.7 Å². The summed E-state index contributed by atoms with van der Waals surface area (Å²) in [5.41, 5.74) is 4.63. The second kappa shape index (κ2) is 5.16. The summed E-state index contributed by atoms with van der Waals surface area (Å²) < 4.78 is 7.57. The molecular formula is C16H19N3O2. The van der Waals surface area contributed by atoms with Gasteiger partial charge in [-0.1, -0.05) is 12.1 Å². The Morgan fingerprint density at radius 3 is 3.10 bits per heavy atom. The second-order valence-electron chi connectivity index (χ2n) is 5.76. The van der Waals surface area contributed by atoms with Crippen LogP contribution in [0.1, 0.15) is 22.5 Å². The van der Waals surface area contributed by atoms with Crippen LogP contribution in [0.4, 0.5) is 0 Å². The molecule has 1 aromatic carbocycles. The van der Waals surface area contributed by atoms with Gasteiger partial charge in [-0.15, -0.1) is 0 Å². The van der Waals surface area contributed by atoms with E-state index >= 15 is 0 Å². The van der Waals surface area contributed by atoms with Gasteiger partial charge in [-0.3, -0.25) is 9.58 Å². The number of hydrogen-bond acceptors (Lipinski definition) is 4. The minimum Gasteiger partial charge on any atom is -0.493 e. The van der Waals surface area contributed by atoms with Crippen LogP contribution in [0.25, 0.3) is 0 Å². The number of fused-ring (bicyclic) bond motifs is 2. The molecule has 0 saturated heterocycles. The first-order valence-electron chi connectivity index (χ1n) is 7.45. The van der Waals surface area contributed by atoms with Crippen LogP contribution >= 0.6 is 0 Å². The molecule has 0 aliphatic carbocycles. The highest BCUT2D eigenvalue weighted by atomic mass is 16.5. The van der Waals surface area contributed by atoms with Crippen LogP contribution in [-0.2, 0) is 32.7 Å². The molecule has 5 nitrogen and oxygen atoms in total. The first-order valence-corrected chi connectivity index (χ1v) is 7.45. The van der Waals surface area contributed by atoms with Crippen LogP contribution < -0.4 is 4.74 Å². The Labute approximate surface area is 123 Å². The second-order valence-corrected chi connectivity index (χ2v) is 5.76. The largest absolute Gasteiger partial charge is 0.493 e. The Hall–Kier alpha value is -1.85. The summed E-state index contributed by atoms with van der Waals surface area (Å²) in [5, 5.41) is 13.6. The van der Waals surface area contributed by atoms with E-state index in [0.29, 0.717) is 0 Å². The number of rotatable bonds is 3. The fourth-order valence-electron chi connectivity index (χ4n) is 3.19. The van der Waals surface area contributed by atoms with Gasteiger partial charge in [0.2, 0.25) is 0 Å². The smallest absolute Gasteiger partial charge is 0.122 e. The highest BCUT2D eigenvalue weighted by Crippen LogP contribution is 2.27. The molecule has 2 aromatic rings. The van der Waals surface area contributed by atoms with Gasteiger partial charge in [-0.05, 0) is 23.3 Å². The van der Waals surface area contributed by atoms with Crippen LogP contribution in [0, 0.1) is 0 Å². The number of benzene rings is 1. The summed E-state index contributed by atoms with van der Waals surface area (Å²) in [5.74, 6) is 1.04. The molecule has 0 unspecified atom stereocenters. The molecule has 1 aromatic heterocycles. The quantitative estimate of drug-likeness (QED) is 0.924. The number of nitrogens with zero attached hydrogens (tertiary/aromatic N) is 3. The molecule has 4 rings (SSSR count). The number of aliphatic hydroxyl groups is 1. The van der Waals surface area contributed by atoms with Crippen molar-refractivity contribution >= 4 is 0 Å². The van der Waals surface area contributed by atoms with Crippen molar-refractivity contribution in [1.29, 1.82) is 0 Å². The summed E-state index contributed by atoms with van der Waals surface area (Å²) in [4.78, 5) is 2.43. The molecule has 2 aliphatic rings. The predicted octanol–water partition coefficient (Wildman–Crippen LogP) is 1.33. The first kappa shape index (κ1) is 12.9. The van der Waals surface area contributed by atoms with Crippen molar-refractivity contribution in [3.63, 3.8) is 0 Å². The molecule has 0 fully saturated rings. The van der Waals surface area contributed by atoms with Crippen molar-refractivity contribution in [2.75, 3.05) is 13.2 Å². The Kier molecular flexibility index (Phi) is 3.16. The minimum atomic E-state index is 0.0187. The molecule has 0 bridgehead atoms. The van der Waals surface area contributed by atoms with Crippen molar-refractivity contribution in [1.82, 2.24) is 14.7 Å². The number of aromatic nitrogens is 2.